The number of hydrogen-bond donors (Lipinski definition) is 3. The number of H-pyrrole nitrogens is 1. The first-order valence-electron chi connectivity index (χ1n) is 5.79. The van der Waals surface area contributed by atoms with Crippen LogP contribution in [0.15, 0.2) is 30.3 Å². The van der Waals surface area contributed by atoms with Crippen LogP contribution in [0.2, 0.25) is 5.02 Å². The van der Waals surface area contributed by atoms with Crippen molar-refractivity contribution in [1.29, 1.82) is 0 Å². The summed E-state index contributed by atoms with van der Waals surface area (Å²) in [6.07, 6.45) is 0. The third kappa shape index (κ3) is 2.97. The molecule has 6 nitrogen and oxygen atoms in total. The minimum Gasteiger partial charge on any atom is -0.479 e. The van der Waals surface area contributed by atoms with Gasteiger partial charge in [0, 0.05) is 16.3 Å². The van der Waals surface area contributed by atoms with Gasteiger partial charge in [-0.1, -0.05) is 29.8 Å². The molecule has 104 valence electrons. The van der Waals surface area contributed by atoms with E-state index in [1.54, 1.807) is 31.2 Å². The average molecular weight is 294 g/mol. The van der Waals surface area contributed by atoms with Gasteiger partial charge >= 0.3 is 5.97 Å². The van der Waals surface area contributed by atoms with Gasteiger partial charge in [0.05, 0.1) is 0 Å². The van der Waals surface area contributed by atoms with Gasteiger partial charge in [0.25, 0.3) is 5.91 Å². The number of carbonyl (C=O) groups is 2. The van der Waals surface area contributed by atoms with E-state index in [9.17, 15) is 14.7 Å². The SMILES string of the molecule is Cc1cc(C(=O)N[C@@H](C(=O)O)c2ccccc2Cl)n[nH]1. The smallest absolute Gasteiger partial charge is 0.330 e. The molecule has 1 aromatic carbocycles. The maximum atomic E-state index is 12.0. The largest absolute Gasteiger partial charge is 0.479 e. The Balaban J connectivity index is 2.25. The monoisotopic (exact) mass is 293 g/mol. The van der Waals surface area contributed by atoms with Crippen LogP contribution in [0.25, 0.3) is 0 Å². The van der Waals surface area contributed by atoms with Crippen molar-refractivity contribution in [3.05, 3.63) is 52.3 Å². The van der Waals surface area contributed by atoms with E-state index in [2.05, 4.69) is 15.5 Å². The van der Waals surface area contributed by atoms with E-state index in [4.69, 9.17) is 11.6 Å². The lowest BCUT2D eigenvalue weighted by atomic mass is 10.1. The fourth-order valence-electron chi connectivity index (χ4n) is 1.72. The Morgan fingerprint density at radius 3 is 2.65 bits per heavy atom. The van der Waals surface area contributed by atoms with Crippen molar-refractivity contribution in [3.8, 4) is 0 Å². The third-order valence-electron chi connectivity index (χ3n) is 2.68. The number of benzene rings is 1. The summed E-state index contributed by atoms with van der Waals surface area (Å²) in [5.41, 5.74) is 1.16. The quantitative estimate of drug-likeness (QED) is 0.802. The molecule has 7 heteroatoms. The molecule has 20 heavy (non-hydrogen) atoms. The molecule has 3 N–H and O–H groups in total. The summed E-state index contributed by atoms with van der Waals surface area (Å²) in [7, 11) is 0. The molecule has 0 bridgehead atoms. The van der Waals surface area contributed by atoms with Gasteiger partial charge in [0.2, 0.25) is 0 Å². The van der Waals surface area contributed by atoms with Crippen molar-refractivity contribution in [1.82, 2.24) is 15.5 Å². The van der Waals surface area contributed by atoms with Crippen molar-refractivity contribution >= 4 is 23.5 Å². The zero-order valence-corrected chi connectivity index (χ0v) is 11.3. The van der Waals surface area contributed by atoms with Crippen LogP contribution in [-0.2, 0) is 4.79 Å². The van der Waals surface area contributed by atoms with Crippen LogP contribution in [0.3, 0.4) is 0 Å². The second kappa shape index (κ2) is 5.75. The predicted octanol–water partition coefficient (Wildman–Crippen LogP) is 1.93. The molecule has 1 atom stereocenters. The zero-order valence-electron chi connectivity index (χ0n) is 10.6. The Hall–Kier alpha value is -2.34. The van der Waals surface area contributed by atoms with E-state index in [0.717, 1.165) is 0 Å². The van der Waals surface area contributed by atoms with Crippen LogP contribution < -0.4 is 5.32 Å². The summed E-state index contributed by atoms with van der Waals surface area (Å²) in [5, 5.41) is 18.3. The topological polar surface area (TPSA) is 95.1 Å². The predicted molar refractivity (Wildman–Crippen MR) is 72.6 cm³/mol. The van der Waals surface area contributed by atoms with Gasteiger partial charge < -0.3 is 10.4 Å². The number of carboxylic acid groups (broad SMARTS) is 1. The third-order valence-corrected chi connectivity index (χ3v) is 3.02. The van der Waals surface area contributed by atoms with Crippen LogP contribution in [0.4, 0.5) is 0 Å². The lowest BCUT2D eigenvalue weighted by Crippen LogP contribution is -2.34. The zero-order chi connectivity index (χ0) is 14.7. The number of amides is 1. The highest BCUT2D eigenvalue weighted by Gasteiger charge is 2.25. The van der Waals surface area contributed by atoms with Gasteiger partial charge in [0.1, 0.15) is 5.69 Å². The molecule has 2 rings (SSSR count). The van der Waals surface area contributed by atoms with E-state index in [1.165, 1.54) is 6.07 Å². The number of carboxylic acids is 1. The Morgan fingerprint density at radius 1 is 1.40 bits per heavy atom. The summed E-state index contributed by atoms with van der Waals surface area (Å²) >= 11 is 5.96. The Labute approximate surface area is 119 Å². The highest BCUT2D eigenvalue weighted by molar-refractivity contribution is 6.31. The molecular formula is C13H12ClN3O3. The maximum Gasteiger partial charge on any atom is 0.330 e. The number of aliphatic carboxylic acids is 1. The number of nitrogens with zero attached hydrogens (tertiary/aromatic N) is 1. The van der Waals surface area contributed by atoms with E-state index in [-0.39, 0.29) is 10.7 Å². The molecule has 0 aliphatic rings. The molecule has 0 fully saturated rings. The lowest BCUT2D eigenvalue weighted by molar-refractivity contribution is -0.139. The Kier molecular flexibility index (Phi) is 4.05. The van der Waals surface area contributed by atoms with E-state index < -0.39 is 17.9 Å². The number of rotatable bonds is 4. The highest BCUT2D eigenvalue weighted by Crippen LogP contribution is 2.23. The Bertz CT molecular complexity index is 654. The van der Waals surface area contributed by atoms with E-state index in [0.29, 0.717) is 11.3 Å². The summed E-state index contributed by atoms with van der Waals surface area (Å²) in [6, 6.07) is 6.76. The normalized spacial score (nSPS) is 11.9. The summed E-state index contributed by atoms with van der Waals surface area (Å²) in [4.78, 5) is 23.3. The molecule has 0 aliphatic carbocycles. The van der Waals surface area contributed by atoms with Crippen molar-refractivity contribution < 1.29 is 14.7 Å². The van der Waals surface area contributed by atoms with Gasteiger partial charge in [-0.2, -0.15) is 5.10 Å². The summed E-state index contributed by atoms with van der Waals surface area (Å²) in [6.45, 7) is 1.74. The van der Waals surface area contributed by atoms with Crippen LogP contribution in [0, 0.1) is 6.92 Å². The molecule has 0 unspecified atom stereocenters. The molecule has 1 amide bonds. The van der Waals surface area contributed by atoms with E-state index in [1.807, 2.05) is 0 Å². The minimum atomic E-state index is -1.23. The van der Waals surface area contributed by atoms with Crippen LogP contribution in [0.1, 0.15) is 27.8 Å². The number of halogens is 1. The van der Waals surface area contributed by atoms with E-state index >= 15 is 0 Å². The number of carbonyl (C=O) groups excluding carboxylic acids is 1. The second-order valence-electron chi connectivity index (χ2n) is 4.20. The molecule has 0 saturated heterocycles. The first kappa shape index (κ1) is 14.1. The van der Waals surface area contributed by atoms with Gasteiger partial charge in [-0.25, -0.2) is 4.79 Å². The standard InChI is InChI=1S/C13H12ClN3O3/c1-7-6-10(17-16-7)12(18)15-11(13(19)20)8-4-2-3-5-9(8)14/h2-6,11H,1H3,(H,15,18)(H,16,17)(H,19,20)/t11-/m1/s1. The first-order chi connectivity index (χ1) is 9.49. The molecular weight excluding hydrogens is 282 g/mol. The summed E-state index contributed by atoms with van der Waals surface area (Å²) in [5.74, 6) is -1.78. The second-order valence-corrected chi connectivity index (χ2v) is 4.61. The highest BCUT2D eigenvalue weighted by atomic mass is 35.5. The number of aryl methyl sites for hydroxylation is 1. The Morgan fingerprint density at radius 2 is 2.10 bits per heavy atom. The van der Waals surface area contributed by atoms with Crippen LogP contribution in [-0.4, -0.2) is 27.2 Å². The van der Waals surface area contributed by atoms with Gasteiger partial charge in [0.15, 0.2) is 6.04 Å². The van der Waals surface area contributed by atoms with Crippen molar-refractivity contribution in [3.63, 3.8) is 0 Å². The summed E-state index contributed by atoms with van der Waals surface area (Å²) < 4.78 is 0. The lowest BCUT2D eigenvalue weighted by Gasteiger charge is -2.15. The maximum absolute atomic E-state index is 12.0. The van der Waals surface area contributed by atoms with Gasteiger partial charge in [-0.05, 0) is 19.1 Å². The fourth-order valence-corrected chi connectivity index (χ4v) is 1.97. The molecule has 1 heterocycles. The average Bonchev–Trinajstić information content (AvgIpc) is 2.83. The van der Waals surface area contributed by atoms with Crippen molar-refractivity contribution in [2.45, 2.75) is 13.0 Å². The number of nitrogens with one attached hydrogen (secondary N) is 2. The minimum absolute atomic E-state index is 0.126. The molecule has 0 spiro atoms. The fraction of sp³-hybridized carbons (Fsp3) is 0.154. The van der Waals surface area contributed by atoms with Crippen LogP contribution >= 0.6 is 11.6 Å². The van der Waals surface area contributed by atoms with Crippen molar-refractivity contribution in [2.24, 2.45) is 0 Å². The van der Waals surface area contributed by atoms with Gasteiger partial charge in [-0.3, -0.25) is 9.89 Å². The number of hydrogen-bond acceptors (Lipinski definition) is 3. The molecule has 0 aliphatic heterocycles. The number of aromatic amines is 1. The first-order valence-corrected chi connectivity index (χ1v) is 6.17. The number of aromatic nitrogens is 2. The molecule has 0 radical (unpaired) electrons. The van der Waals surface area contributed by atoms with Crippen LogP contribution in [0.5, 0.6) is 0 Å². The molecule has 0 saturated carbocycles. The molecule has 1 aromatic heterocycles. The van der Waals surface area contributed by atoms with Crippen molar-refractivity contribution in [2.75, 3.05) is 0 Å². The van der Waals surface area contributed by atoms with Gasteiger partial charge in [-0.15, -0.1) is 0 Å². The molecule has 2 aromatic rings.